The maximum absolute atomic E-state index is 15.8. The highest BCUT2D eigenvalue weighted by atomic mass is 35.5. The van der Waals surface area contributed by atoms with Crippen molar-refractivity contribution in [2.24, 2.45) is 0 Å². The van der Waals surface area contributed by atoms with Gasteiger partial charge in [-0.3, -0.25) is 0 Å². The van der Waals surface area contributed by atoms with E-state index in [4.69, 9.17) is 26.1 Å². The molecule has 1 aromatic heterocycles. The lowest BCUT2D eigenvalue weighted by Gasteiger charge is -2.32. The van der Waals surface area contributed by atoms with Gasteiger partial charge in [0.1, 0.15) is 11.6 Å². The molecule has 176 valence electrons. The normalized spacial score (nSPS) is 17.6. The van der Waals surface area contributed by atoms with E-state index in [1.807, 2.05) is 29.7 Å². The van der Waals surface area contributed by atoms with Gasteiger partial charge in [-0.05, 0) is 42.8 Å². The molecule has 1 amide bonds. The Balaban J connectivity index is 1.62. The Morgan fingerprint density at radius 3 is 3.00 bits per heavy atom. The van der Waals surface area contributed by atoms with Crippen LogP contribution in [0.15, 0.2) is 42.6 Å². The van der Waals surface area contributed by atoms with Gasteiger partial charge >= 0.3 is 6.09 Å². The monoisotopic (exact) mass is 482 g/mol. The van der Waals surface area contributed by atoms with E-state index in [0.29, 0.717) is 49.0 Å². The van der Waals surface area contributed by atoms with Crippen LogP contribution in [0.2, 0.25) is 5.02 Å². The summed E-state index contributed by atoms with van der Waals surface area (Å²) in [6.07, 6.45) is 2.67. The third kappa shape index (κ3) is 3.93. The summed E-state index contributed by atoms with van der Waals surface area (Å²) in [5, 5.41) is 3.29. The number of methoxy groups -OCH3 is 1. The van der Waals surface area contributed by atoms with Crippen LogP contribution in [0.1, 0.15) is 11.1 Å². The fourth-order valence-corrected chi connectivity index (χ4v) is 4.72. The number of halogens is 2. The van der Waals surface area contributed by atoms with Crippen molar-refractivity contribution in [3.63, 3.8) is 0 Å². The molecule has 3 aromatic rings. The highest BCUT2D eigenvalue weighted by Gasteiger charge is 2.29. The number of allylic oxidation sites excluding steroid dienone is 1. The Morgan fingerprint density at radius 2 is 2.21 bits per heavy atom. The summed E-state index contributed by atoms with van der Waals surface area (Å²) < 4.78 is 28.6. The molecule has 7 nitrogen and oxygen atoms in total. The Hall–Kier alpha value is -3.36. The van der Waals surface area contributed by atoms with E-state index < -0.39 is 11.9 Å². The molecule has 9 heteroatoms. The van der Waals surface area contributed by atoms with Crippen LogP contribution < -0.4 is 5.32 Å². The number of rotatable bonds is 3. The van der Waals surface area contributed by atoms with Crippen LogP contribution in [0.25, 0.3) is 28.5 Å². The number of aromatic nitrogens is 2. The molecule has 2 aromatic carbocycles. The Morgan fingerprint density at radius 1 is 1.38 bits per heavy atom. The van der Waals surface area contributed by atoms with Crippen molar-refractivity contribution in [3.8, 4) is 11.4 Å². The first-order valence-electron chi connectivity index (χ1n) is 10.9. The fraction of sp³-hybridized carbons (Fsp3) is 0.280. The maximum Gasteiger partial charge on any atom is 0.409 e. The molecule has 34 heavy (non-hydrogen) atoms. The summed E-state index contributed by atoms with van der Waals surface area (Å²) >= 11 is 6.62. The number of fused-ring (bicyclic) bond motifs is 2. The predicted octanol–water partition coefficient (Wildman–Crippen LogP) is 5.22. The second kappa shape index (κ2) is 8.77. The van der Waals surface area contributed by atoms with E-state index in [0.717, 1.165) is 16.6 Å². The first-order valence-corrected chi connectivity index (χ1v) is 11.3. The van der Waals surface area contributed by atoms with Crippen LogP contribution >= 0.6 is 11.6 Å². The molecule has 5 rings (SSSR count). The van der Waals surface area contributed by atoms with Crippen LogP contribution in [-0.2, 0) is 16.0 Å². The average molecular weight is 483 g/mol. The number of aryl methyl sites for hydroxylation is 1. The van der Waals surface area contributed by atoms with Crippen molar-refractivity contribution in [1.29, 1.82) is 0 Å². The highest BCUT2D eigenvalue weighted by molar-refractivity contribution is 6.33. The van der Waals surface area contributed by atoms with Crippen molar-refractivity contribution in [3.05, 3.63) is 64.6 Å². The summed E-state index contributed by atoms with van der Waals surface area (Å²) in [4.78, 5) is 18.4. The zero-order chi connectivity index (χ0) is 24.0. The molecule has 0 unspecified atom stereocenters. The van der Waals surface area contributed by atoms with E-state index in [1.165, 1.54) is 7.11 Å². The molecule has 0 bridgehead atoms. The van der Waals surface area contributed by atoms with Gasteiger partial charge in [0, 0.05) is 17.8 Å². The van der Waals surface area contributed by atoms with Crippen LogP contribution in [-0.4, -0.2) is 53.5 Å². The SMILES string of the molecule is C=C1C=Cc2c(cc(Cl)c(-c3nc4cc(C)ccc4n3C[C@H]3CN(C(=O)OC)CCO3)c2F)N1. The van der Waals surface area contributed by atoms with Gasteiger partial charge in [0.05, 0.1) is 60.2 Å². The average Bonchev–Trinajstić information content (AvgIpc) is 3.15. The lowest BCUT2D eigenvalue weighted by molar-refractivity contribution is -0.0310. The van der Waals surface area contributed by atoms with Crippen LogP contribution in [0.4, 0.5) is 14.9 Å². The minimum absolute atomic E-state index is 0.217. The van der Waals surface area contributed by atoms with Crippen LogP contribution in [0.3, 0.4) is 0 Å². The Kier molecular flexibility index (Phi) is 5.79. The smallest absolute Gasteiger partial charge is 0.409 e. The van der Waals surface area contributed by atoms with Gasteiger partial charge < -0.3 is 24.3 Å². The van der Waals surface area contributed by atoms with Gasteiger partial charge in [-0.15, -0.1) is 0 Å². The number of amides is 1. The third-order valence-electron chi connectivity index (χ3n) is 6.09. The number of nitrogens with zero attached hydrogens (tertiary/aromatic N) is 3. The second-order valence-electron chi connectivity index (χ2n) is 8.44. The zero-order valence-corrected chi connectivity index (χ0v) is 19.7. The highest BCUT2D eigenvalue weighted by Crippen LogP contribution is 2.40. The van der Waals surface area contributed by atoms with Crippen molar-refractivity contribution in [2.45, 2.75) is 19.6 Å². The number of hydrogen-bond acceptors (Lipinski definition) is 5. The summed E-state index contributed by atoms with van der Waals surface area (Å²) in [5.74, 6) is -0.0599. The van der Waals surface area contributed by atoms with E-state index >= 15 is 4.39 Å². The topological polar surface area (TPSA) is 68.6 Å². The largest absolute Gasteiger partial charge is 0.453 e. The minimum Gasteiger partial charge on any atom is -0.453 e. The number of hydrogen-bond donors (Lipinski definition) is 1. The number of benzene rings is 2. The molecule has 0 aliphatic carbocycles. The maximum atomic E-state index is 15.8. The quantitative estimate of drug-likeness (QED) is 0.554. The summed E-state index contributed by atoms with van der Waals surface area (Å²) in [7, 11) is 1.36. The summed E-state index contributed by atoms with van der Waals surface area (Å²) in [5.41, 5.74) is 4.42. The first kappa shape index (κ1) is 22.4. The molecule has 1 atom stereocenters. The van der Waals surface area contributed by atoms with Gasteiger partial charge in [0.15, 0.2) is 0 Å². The van der Waals surface area contributed by atoms with Crippen molar-refractivity contribution >= 4 is 40.5 Å². The lowest BCUT2D eigenvalue weighted by atomic mass is 10.0. The van der Waals surface area contributed by atoms with Crippen molar-refractivity contribution in [2.75, 3.05) is 32.1 Å². The fourth-order valence-electron chi connectivity index (χ4n) is 4.45. The standard InChI is InChI=1S/C25H24ClFN4O3/c1-14-4-7-21-20(10-14)29-24(31(21)13-16-12-30(8-9-34-16)25(32)33-3)22-18(26)11-19-17(23(22)27)6-5-15(2)28-19/h4-7,10-11,16,28H,2,8-9,12-13H2,1,3H3/t16-/m1/s1. The molecule has 0 radical (unpaired) electrons. The Bertz CT molecular complexity index is 1350. The van der Waals surface area contributed by atoms with Crippen molar-refractivity contribution < 1.29 is 18.7 Å². The van der Waals surface area contributed by atoms with Gasteiger partial charge in [0.2, 0.25) is 0 Å². The molecule has 0 saturated carbocycles. The van der Waals surface area contributed by atoms with E-state index in [1.54, 1.807) is 23.1 Å². The number of imidazole rings is 1. The number of ether oxygens (including phenoxy) is 2. The molecule has 2 aliphatic rings. The number of carbonyl (C=O) groups excluding carboxylic acids is 1. The molecule has 2 aliphatic heterocycles. The number of morpholine rings is 1. The molecule has 3 heterocycles. The first-order chi connectivity index (χ1) is 16.4. The zero-order valence-electron chi connectivity index (χ0n) is 18.9. The number of carbonyl (C=O) groups is 1. The second-order valence-corrected chi connectivity index (χ2v) is 8.85. The summed E-state index contributed by atoms with van der Waals surface area (Å²) in [6, 6.07) is 7.58. The third-order valence-corrected chi connectivity index (χ3v) is 6.39. The van der Waals surface area contributed by atoms with Gasteiger partial charge in [-0.1, -0.05) is 24.2 Å². The van der Waals surface area contributed by atoms with Crippen molar-refractivity contribution in [1.82, 2.24) is 14.5 Å². The Labute approximate surface area is 201 Å². The molecular formula is C25H24ClFN4O3. The lowest BCUT2D eigenvalue weighted by Crippen LogP contribution is -2.47. The number of anilines is 1. The van der Waals surface area contributed by atoms with Gasteiger partial charge in [0.25, 0.3) is 0 Å². The van der Waals surface area contributed by atoms with E-state index in [2.05, 4.69) is 11.9 Å². The number of nitrogens with one attached hydrogen (secondary N) is 1. The molecule has 1 N–H and O–H groups in total. The molecule has 0 spiro atoms. The summed E-state index contributed by atoms with van der Waals surface area (Å²) in [6.45, 7) is 7.40. The minimum atomic E-state index is -0.465. The van der Waals surface area contributed by atoms with E-state index in [-0.39, 0.29) is 16.7 Å². The predicted molar refractivity (Wildman–Crippen MR) is 130 cm³/mol. The molecule has 1 saturated heterocycles. The van der Waals surface area contributed by atoms with Gasteiger partial charge in [-0.25, -0.2) is 14.2 Å². The van der Waals surface area contributed by atoms with Gasteiger partial charge in [-0.2, -0.15) is 0 Å². The van der Waals surface area contributed by atoms with Crippen LogP contribution in [0, 0.1) is 12.7 Å². The van der Waals surface area contributed by atoms with E-state index in [9.17, 15) is 4.79 Å². The van der Waals surface area contributed by atoms with Crippen LogP contribution in [0.5, 0.6) is 0 Å². The molecular weight excluding hydrogens is 459 g/mol. The molecule has 1 fully saturated rings.